The lowest BCUT2D eigenvalue weighted by atomic mass is 9.93. The molecule has 5 heteroatoms. The Kier molecular flexibility index (Phi) is 5.89. The molecule has 1 amide bonds. The van der Waals surface area contributed by atoms with Gasteiger partial charge in [-0.3, -0.25) is 4.79 Å². The van der Waals surface area contributed by atoms with E-state index in [1.165, 1.54) is 12.1 Å². The molecule has 2 rings (SSSR count). The van der Waals surface area contributed by atoms with Gasteiger partial charge in [-0.05, 0) is 56.3 Å². The number of carbonyl (C=O) groups is 1. The fourth-order valence-corrected chi connectivity index (χ4v) is 2.98. The predicted octanol–water partition coefficient (Wildman–Crippen LogP) is 3.26. The summed E-state index contributed by atoms with van der Waals surface area (Å²) in [6.45, 7) is 6.01. The van der Waals surface area contributed by atoms with Crippen molar-refractivity contribution in [2.75, 3.05) is 19.6 Å². The SMILES string of the molecule is CC(=O)N1CCC(CCN[C@@H](C)c2cc(F)cc(F)c2)CC1. The first-order valence-corrected chi connectivity index (χ1v) is 7.90. The molecule has 0 aromatic heterocycles. The van der Waals surface area contributed by atoms with Crippen molar-refractivity contribution in [3.8, 4) is 0 Å². The van der Waals surface area contributed by atoms with Gasteiger partial charge in [0, 0.05) is 32.1 Å². The molecule has 1 aliphatic heterocycles. The first-order valence-electron chi connectivity index (χ1n) is 7.90. The van der Waals surface area contributed by atoms with Crippen LogP contribution in [0.25, 0.3) is 0 Å². The summed E-state index contributed by atoms with van der Waals surface area (Å²) < 4.78 is 26.4. The van der Waals surface area contributed by atoms with Crippen LogP contribution in [0.5, 0.6) is 0 Å². The molecule has 0 saturated carbocycles. The summed E-state index contributed by atoms with van der Waals surface area (Å²) in [6.07, 6.45) is 3.09. The van der Waals surface area contributed by atoms with E-state index in [2.05, 4.69) is 5.32 Å². The van der Waals surface area contributed by atoms with Gasteiger partial charge in [0.25, 0.3) is 0 Å². The lowest BCUT2D eigenvalue weighted by molar-refractivity contribution is -0.130. The Morgan fingerprint density at radius 3 is 2.41 bits per heavy atom. The Morgan fingerprint density at radius 1 is 1.27 bits per heavy atom. The highest BCUT2D eigenvalue weighted by Gasteiger charge is 2.20. The zero-order valence-electron chi connectivity index (χ0n) is 13.2. The van der Waals surface area contributed by atoms with Crippen LogP contribution in [0.2, 0.25) is 0 Å². The summed E-state index contributed by atoms with van der Waals surface area (Å²) in [5.74, 6) is -0.321. The number of nitrogens with zero attached hydrogens (tertiary/aromatic N) is 1. The number of rotatable bonds is 5. The maximum absolute atomic E-state index is 13.2. The zero-order chi connectivity index (χ0) is 16.1. The molecule has 1 atom stereocenters. The van der Waals surface area contributed by atoms with Crippen molar-refractivity contribution < 1.29 is 13.6 Å². The van der Waals surface area contributed by atoms with Crippen molar-refractivity contribution in [2.45, 2.75) is 39.2 Å². The molecular weight excluding hydrogens is 286 g/mol. The molecule has 1 aromatic rings. The topological polar surface area (TPSA) is 32.3 Å². The fourth-order valence-electron chi connectivity index (χ4n) is 2.98. The van der Waals surface area contributed by atoms with Gasteiger partial charge in [-0.2, -0.15) is 0 Å². The van der Waals surface area contributed by atoms with Crippen LogP contribution in [0.4, 0.5) is 8.78 Å². The highest BCUT2D eigenvalue weighted by molar-refractivity contribution is 5.73. The van der Waals surface area contributed by atoms with Gasteiger partial charge >= 0.3 is 0 Å². The Balaban J connectivity index is 1.73. The van der Waals surface area contributed by atoms with Crippen LogP contribution in [-0.4, -0.2) is 30.4 Å². The van der Waals surface area contributed by atoms with E-state index in [-0.39, 0.29) is 11.9 Å². The molecule has 0 bridgehead atoms. The zero-order valence-corrected chi connectivity index (χ0v) is 13.2. The van der Waals surface area contributed by atoms with Crippen molar-refractivity contribution in [1.29, 1.82) is 0 Å². The fraction of sp³-hybridized carbons (Fsp3) is 0.588. The van der Waals surface area contributed by atoms with Crippen LogP contribution in [0.3, 0.4) is 0 Å². The maximum Gasteiger partial charge on any atom is 0.219 e. The van der Waals surface area contributed by atoms with E-state index in [0.29, 0.717) is 11.5 Å². The van der Waals surface area contributed by atoms with Crippen LogP contribution in [0, 0.1) is 17.6 Å². The van der Waals surface area contributed by atoms with Crippen molar-refractivity contribution in [1.82, 2.24) is 10.2 Å². The molecular formula is C17H24F2N2O. The summed E-state index contributed by atoms with van der Waals surface area (Å²) in [5, 5.41) is 3.32. The molecule has 0 spiro atoms. The molecule has 122 valence electrons. The highest BCUT2D eigenvalue weighted by Crippen LogP contribution is 2.21. The molecule has 0 aliphatic carbocycles. The van der Waals surface area contributed by atoms with E-state index < -0.39 is 11.6 Å². The first kappa shape index (κ1) is 16.9. The largest absolute Gasteiger partial charge is 0.343 e. The van der Waals surface area contributed by atoms with Crippen molar-refractivity contribution in [2.24, 2.45) is 5.92 Å². The third kappa shape index (κ3) is 4.77. The molecule has 3 nitrogen and oxygen atoms in total. The second kappa shape index (κ2) is 7.68. The van der Waals surface area contributed by atoms with E-state index >= 15 is 0 Å². The lowest BCUT2D eigenvalue weighted by Gasteiger charge is -2.31. The monoisotopic (exact) mass is 310 g/mol. The number of hydrogen-bond acceptors (Lipinski definition) is 2. The van der Waals surface area contributed by atoms with Crippen LogP contribution < -0.4 is 5.32 Å². The molecule has 22 heavy (non-hydrogen) atoms. The molecule has 1 fully saturated rings. The molecule has 0 unspecified atom stereocenters. The molecule has 1 aliphatic rings. The van der Waals surface area contributed by atoms with Gasteiger partial charge in [0.2, 0.25) is 5.91 Å². The average Bonchev–Trinajstić information content (AvgIpc) is 2.46. The van der Waals surface area contributed by atoms with Gasteiger partial charge in [0.1, 0.15) is 11.6 Å². The van der Waals surface area contributed by atoms with Crippen molar-refractivity contribution in [3.63, 3.8) is 0 Å². The van der Waals surface area contributed by atoms with Crippen LogP contribution in [0.1, 0.15) is 44.7 Å². The Morgan fingerprint density at radius 2 is 1.86 bits per heavy atom. The van der Waals surface area contributed by atoms with Gasteiger partial charge in [0.05, 0.1) is 0 Å². The van der Waals surface area contributed by atoms with Gasteiger partial charge in [-0.25, -0.2) is 8.78 Å². The van der Waals surface area contributed by atoms with Gasteiger partial charge in [0.15, 0.2) is 0 Å². The molecule has 0 radical (unpaired) electrons. The highest BCUT2D eigenvalue weighted by atomic mass is 19.1. The summed E-state index contributed by atoms with van der Waals surface area (Å²) in [6, 6.07) is 3.54. The Labute approximate surface area is 130 Å². The minimum Gasteiger partial charge on any atom is -0.343 e. The molecule has 1 aromatic carbocycles. The molecule has 1 heterocycles. The van der Waals surface area contributed by atoms with Crippen LogP contribution in [-0.2, 0) is 4.79 Å². The number of likely N-dealkylation sites (tertiary alicyclic amines) is 1. The number of carbonyl (C=O) groups excluding carboxylic acids is 1. The number of benzene rings is 1. The third-order valence-corrected chi connectivity index (χ3v) is 4.45. The second-order valence-corrected chi connectivity index (χ2v) is 6.12. The van der Waals surface area contributed by atoms with Crippen molar-refractivity contribution >= 4 is 5.91 Å². The number of nitrogens with one attached hydrogen (secondary N) is 1. The van der Waals surface area contributed by atoms with Crippen LogP contribution >= 0.6 is 0 Å². The van der Waals surface area contributed by atoms with Crippen molar-refractivity contribution in [3.05, 3.63) is 35.4 Å². The normalized spacial score (nSPS) is 17.5. The standard InChI is InChI=1S/C17H24F2N2O/c1-12(15-9-16(18)11-17(19)10-15)20-6-3-14-4-7-21(8-5-14)13(2)22/h9-12,14,20H,3-8H2,1-2H3/t12-/m0/s1. The number of hydrogen-bond donors (Lipinski definition) is 1. The predicted molar refractivity (Wildman–Crippen MR) is 82.4 cm³/mol. The Bertz CT molecular complexity index is 493. The summed E-state index contributed by atoms with van der Waals surface area (Å²) in [4.78, 5) is 13.2. The van der Waals surface area contributed by atoms with Gasteiger partial charge < -0.3 is 10.2 Å². The van der Waals surface area contributed by atoms with E-state index in [1.54, 1.807) is 6.92 Å². The molecule has 1 saturated heterocycles. The first-order chi connectivity index (χ1) is 10.5. The lowest BCUT2D eigenvalue weighted by Crippen LogP contribution is -2.37. The van der Waals surface area contributed by atoms with Crippen LogP contribution in [0.15, 0.2) is 18.2 Å². The van der Waals surface area contributed by atoms with E-state index in [0.717, 1.165) is 45.0 Å². The van der Waals surface area contributed by atoms with Gasteiger partial charge in [-0.1, -0.05) is 0 Å². The van der Waals surface area contributed by atoms with E-state index in [4.69, 9.17) is 0 Å². The summed E-state index contributed by atoms with van der Waals surface area (Å²) in [7, 11) is 0. The minimum atomic E-state index is -0.541. The van der Waals surface area contributed by atoms with E-state index in [1.807, 2.05) is 11.8 Å². The van der Waals surface area contributed by atoms with E-state index in [9.17, 15) is 13.6 Å². The minimum absolute atomic E-state index is 0.0810. The quantitative estimate of drug-likeness (QED) is 0.905. The summed E-state index contributed by atoms with van der Waals surface area (Å²) in [5.41, 5.74) is 0.629. The maximum atomic E-state index is 13.2. The number of amides is 1. The third-order valence-electron chi connectivity index (χ3n) is 4.45. The Hall–Kier alpha value is -1.49. The number of halogens is 2. The summed E-state index contributed by atoms with van der Waals surface area (Å²) >= 11 is 0. The molecule has 1 N–H and O–H groups in total. The average molecular weight is 310 g/mol. The number of piperidine rings is 1. The second-order valence-electron chi connectivity index (χ2n) is 6.12. The smallest absolute Gasteiger partial charge is 0.219 e. The van der Waals surface area contributed by atoms with Gasteiger partial charge in [-0.15, -0.1) is 0 Å².